The van der Waals surface area contributed by atoms with Crippen molar-refractivity contribution >= 4 is 0 Å². The molecule has 0 fully saturated rings. The van der Waals surface area contributed by atoms with E-state index in [0.29, 0.717) is 17.5 Å². The minimum Gasteiger partial charge on any atom is -0.504 e. The summed E-state index contributed by atoms with van der Waals surface area (Å²) in [4.78, 5) is 0. The Hall–Kier alpha value is -1.44. The highest BCUT2D eigenvalue weighted by molar-refractivity contribution is 5.49. The molecule has 0 radical (unpaired) electrons. The van der Waals surface area contributed by atoms with Gasteiger partial charge in [-0.05, 0) is 18.9 Å². The van der Waals surface area contributed by atoms with Crippen LogP contribution in [0.25, 0.3) is 0 Å². The molecule has 0 aromatic heterocycles. The zero-order valence-electron chi connectivity index (χ0n) is 7.04. The Kier molecular flexibility index (Phi) is 2.38. The summed E-state index contributed by atoms with van der Waals surface area (Å²) in [7, 11) is 0. The average Bonchev–Trinajstić information content (AvgIpc) is 2.07. The molecule has 2 nitrogen and oxygen atoms in total. The maximum atomic E-state index is 9.41. The van der Waals surface area contributed by atoms with Crippen molar-refractivity contribution < 1.29 is 10.2 Å². The number of phenolic OH excluding ortho intramolecular Hbond substituents is 2. The molecule has 0 heterocycles. The minimum absolute atomic E-state index is 0.0325. The molecule has 0 amide bonds. The van der Waals surface area contributed by atoms with Gasteiger partial charge in [0.2, 0.25) is 0 Å². The molecule has 2 heteroatoms. The standard InChI is InChI=1S/C10H12O2/c1-3-4-8-6-5-7(2)9(11)10(8)12/h3,5-6,11-12H,1,4H2,2H3. The predicted molar refractivity (Wildman–Crippen MR) is 48.4 cm³/mol. The number of benzene rings is 1. The minimum atomic E-state index is -0.0330. The Bertz CT molecular complexity index is 303. The van der Waals surface area contributed by atoms with Crippen LogP contribution in [0, 0.1) is 6.92 Å². The van der Waals surface area contributed by atoms with Gasteiger partial charge in [0.1, 0.15) is 0 Å². The summed E-state index contributed by atoms with van der Waals surface area (Å²) in [6.45, 7) is 5.30. The van der Waals surface area contributed by atoms with Gasteiger partial charge in [-0.2, -0.15) is 0 Å². The Balaban J connectivity index is 3.16. The van der Waals surface area contributed by atoms with Crippen molar-refractivity contribution in [3.05, 3.63) is 35.9 Å². The zero-order valence-corrected chi connectivity index (χ0v) is 7.04. The summed E-state index contributed by atoms with van der Waals surface area (Å²) in [5.41, 5.74) is 1.38. The normalized spacial score (nSPS) is 9.75. The van der Waals surface area contributed by atoms with Crippen molar-refractivity contribution in [2.75, 3.05) is 0 Å². The van der Waals surface area contributed by atoms with Crippen molar-refractivity contribution in [2.24, 2.45) is 0 Å². The molecule has 64 valence electrons. The molecule has 2 N–H and O–H groups in total. The first-order valence-corrected chi connectivity index (χ1v) is 3.78. The quantitative estimate of drug-likeness (QED) is 0.519. The Morgan fingerprint density at radius 2 is 2.00 bits per heavy atom. The van der Waals surface area contributed by atoms with Gasteiger partial charge in [-0.15, -0.1) is 6.58 Å². The van der Waals surface area contributed by atoms with Crippen LogP contribution in [0.4, 0.5) is 0 Å². The summed E-state index contributed by atoms with van der Waals surface area (Å²) in [6.07, 6.45) is 2.25. The molecule has 1 rings (SSSR count). The SMILES string of the molecule is C=CCc1ccc(C)c(O)c1O. The van der Waals surface area contributed by atoms with Crippen LogP contribution in [-0.2, 0) is 6.42 Å². The van der Waals surface area contributed by atoms with Crippen LogP contribution in [0.1, 0.15) is 11.1 Å². The largest absolute Gasteiger partial charge is 0.504 e. The lowest BCUT2D eigenvalue weighted by molar-refractivity contribution is 0.397. The monoisotopic (exact) mass is 164 g/mol. The number of aryl methyl sites for hydroxylation is 1. The molecular formula is C10H12O2. The van der Waals surface area contributed by atoms with E-state index in [2.05, 4.69) is 6.58 Å². The Labute approximate surface area is 71.8 Å². The summed E-state index contributed by atoms with van der Waals surface area (Å²) in [6, 6.07) is 3.56. The highest BCUT2D eigenvalue weighted by Gasteiger charge is 2.06. The van der Waals surface area contributed by atoms with Gasteiger partial charge in [0, 0.05) is 5.56 Å². The van der Waals surface area contributed by atoms with E-state index < -0.39 is 0 Å². The first kappa shape index (κ1) is 8.65. The molecule has 0 bridgehead atoms. The lowest BCUT2D eigenvalue weighted by Gasteiger charge is -2.05. The van der Waals surface area contributed by atoms with Gasteiger partial charge < -0.3 is 10.2 Å². The third kappa shape index (κ3) is 1.42. The molecule has 1 aromatic carbocycles. The van der Waals surface area contributed by atoms with Crippen LogP contribution in [0.2, 0.25) is 0 Å². The molecule has 0 aliphatic rings. The van der Waals surface area contributed by atoms with Crippen LogP contribution in [0.15, 0.2) is 24.8 Å². The number of allylic oxidation sites excluding steroid dienone is 1. The summed E-state index contributed by atoms with van der Waals surface area (Å²) < 4.78 is 0. The van der Waals surface area contributed by atoms with Gasteiger partial charge in [-0.25, -0.2) is 0 Å². The van der Waals surface area contributed by atoms with Crippen LogP contribution >= 0.6 is 0 Å². The fourth-order valence-electron chi connectivity index (χ4n) is 1.04. The fraction of sp³-hybridized carbons (Fsp3) is 0.200. The number of rotatable bonds is 2. The molecule has 0 saturated heterocycles. The van der Waals surface area contributed by atoms with E-state index in [-0.39, 0.29) is 11.5 Å². The molecule has 0 aliphatic heterocycles. The topological polar surface area (TPSA) is 40.5 Å². The zero-order chi connectivity index (χ0) is 9.14. The molecule has 0 saturated carbocycles. The third-order valence-electron chi connectivity index (χ3n) is 1.80. The summed E-state index contributed by atoms with van der Waals surface area (Å²) >= 11 is 0. The highest BCUT2D eigenvalue weighted by atomic mass is 16.3. The second-order valence-corrected chi connectivity index (χ2v) is 2.73. The molecular weight excluding hydrogens is 152 g/mol. The molecule has 0 unspecified atom stereocenters. The van der Waals surface area contributed by atoms with Gasteiger partial charge >= 0.3 is 0 Å². The number of phenols is 2. The van der Waals surface area contributed by atoms with Gasteiger partial charge in [-0.3, -0.25) is 0 Å². The van der Waals surface area contributed by atoms with Gasteiger partial charge in [0.25, 0.3) is 0 Å². The fourth-order valence-corrected chi connectivity index (χ4v) is 1.04. The van der Waals surface area contributed by atoms with E-state index >= 15 is 0 Å². The van der Waals surface area contributed by atoms with Gasteiger partial charge in [0.05, 0.1) is 0 Å². The van der Waals surface area contributed by atoms with Crippen LogP contribution < -0.4 is 0 Å². The average molecular weight is 164 g/mol. The predicted octanol–water partition coefficient (Wildman–Crippen LogP) is 2.13. The van der Waals surface area contributed by atoms with E-state index in [1.165, 1.54) is 0 Å². The molecule has 0 aliphatic carbocycles. The van der Waals surface area contributed by atoms with E-state index in [1.54, 1.807) is 25.1 Å². The van der Waals surface area contributed by atoms with Crippen molar-refractivity contribution in [1.29, 1.82) is 0 Å². The maximum absolute atomic E-state index is 9.41. The molecule has 1 aromatic rings. The van der Waals surface area contributed by atoms with E-state index in [1.807, 2.05) is 0 Å². The van der Waals surface area contributed by atoms with Crippen LogP contribution in [-0.4, -0.2) is 10.2 Å². The second kappa shape index (κ2) is 3.30. The first-order chi connectivity index (χ1) is 5.66. The summed E-state index contributed by atoms with van der Waals surface area (Å²) in [5.74, 6) is -0.0655. The Morgan fingerprint density at radius 3 is 2.58 bits per heavy atom. The Morgan fingerprint density at radius 1 is 1.33 bits per heavy atom. The third-order valence-corrected chi connectivity index (χ3v) is 1.80. The molecule has 0 atom stereocenters. The van der Waals surface area contributed by atoms with E-state index in [4.69, 9.17) is 0 Å². The second-order valence-electron chi connectivity index (χ2n) is 2.73. The van der Waals surface area contributed by atoms with Crippen molar-refractivity contribution in [3.8, 4) is 11.5 Å². The molecule has 12 heavy (non-hydrogen) atoms. The van der Waals surface area contributed by atoms with E-state index in [9.17, 15) is 10.2 Å². The number of aromatic hydroxyl groups is 2. The highest BCUT2D eigenvalue weighted by Crippen LogP contribution is 2.32. The van der Waals surface area contributed by atoms with Crippen molar-refractivity contribution in [3.63, 3.8) is 0 Å². The van der Waals surface area contributed by atoms with Crippen molar-refractivity contribution in [1.82, 2.24) is 0 Å². The van der Waals surface area contributed by atoms with Gasteiger partial charge in [-0.1, -0.05) is 18.2 Å². The van der Waals surface area contributed by atoms with Crippen LogP contribution in [0.5, 0.6) is 11.5 Å². The van der Waals surface area contributed by atoms with Gasteiger partial charge in [0.15, 0.2) is 11.5 Å². The maximum Gasteiger partial charge on any atom is 0.161 e. The smallest absolute Gasteiger partial charge is 0.161 e. The van der Waals surface area contributed by atoms with E-state index in [0.717, 1.165) is 0 Å². The number of hydrogen-bond acceptors (Lipinski definition) is 2. The lowest BCUT2D eigenvalue weighted by atomic mass is 10.1. The lowest BCUT2D eigenvalue weighted by Crippen LogP contribution is -1.84. The molecule has 0 spiro atoms. The van der Waals surface area contributed by atoms with Crippen molar-refractivity contribution in [2.45, 2.75) is 13.3 Å². The summed E-state index contributed by atoms with van der Waals surface area (Å²) in [5, 5.41) is 18.7. The first-order valence-electron chi connectivity index (χ1n) is 3.78. The number of hydrogen-bond donors (Lipinski definition) is 2. The van der Waals surface area contributed by atoms with Crippen LogP contribution in [0.3, 0.4) is 0 Å².